The quantitative estimate of drug-likeness (QED) is 0.639. The van der Waals surface area contributed by atoms with E-state index in [0.717, 1.165) is 29.8 Å². The molecule has 2 heterocycles. The molecule has 1 aromatic rings. The van der Waals surface area contributed by atoms with Crippen molar-refractivity contribution in [3.05, 3.63) is 41.9 Å². The summed E-state index contributed by atoms with van der Waals surface area (Å²) in [5.74, 6) is 0. The first-order valence-electron chi connectivity index (χ1n) is 4.51. The molecule has 0 N–H and O–H groups in total. The number of allylic oxidation sites excluding steroid dienone is 2. The molecule has 0 unspecified atom stereocenters. The van der Waals surface area contributed by atoms with Crippen LogP contribution in [0.15, 0.2) is 41.3 Å². The monoisotopic (exact) mass is 172 g/mol. The molecule has 2 nitrogen and oxygen atoms in total. The molecule has 2 heteroatoms. The van der Waals surface area contributed by atoms with Crippen molar-refractivity contribution in [1.82, 2.24) is 4.98 Å². The fraction of sp³-hybridized carbons (Fsp3) is 0.273. The molecule has 1 aliphatic rings. The van der Waals surface area contributed by atoms with Crippen LogP contribution in [0, 0.1) is 0 Å². The maximum absolute atomic E-state index is 4.49. The Bertz CT molecular complexity index is 350. The zero-order chi connectivity index (χ0) is 9.10. The molecule has 0 aliphatic carbocycles. The van der Waals surface area contributed by atoms with E-state index in [1.807, 2.05) is 19.2 Å². The third-order valence-electron chi connectivity index (χ3n) is 2.13. The molecule has 2 rings (SSSR count). The fourth-order valence-corrected chi connectivity index (χ4v) is 1.47. The molecule has 0 atom stereocenters. The van der Waals surface area contributed by atoms with Crippen LogP contribution in [0.4, 0.5) is 0 Å². The van der Waals surface area contributed by atoms with Gasteiger partial charge in [-0.05, 0) is 25.8 Å². The Balaban J connectivity index is 2.32. The van der Waals surface area contributed by atoms with Gasteiger partial charge in [0, 0.05) is 29.4 Å². The minimum absolute atomic E-state index is 1.03. The van der Waals surface area contributed by atoms with Crippen molar-refractivity contribution in [2.45, 2.75) is 19.8 Å². The SMILES string of the molecule is CC1=CCCC(c2cccnc2)=N1. The van der Waals surface area contributed by atoms with E-state index in [0.29, 0.717) is 0 Å². The molecule has 0 radical (unpaired) electrons. The summed E-state index contributed by atoms with van der Waals surface area (Å²) in [5, 5.41) is 0. The van der Waals surface area contributed by atoms with E-state index in [2.05, 4.69) is 22.1 Å². The lowest BCUT2D eigenvalue weighted by atomic mass is 10.0. The Kier molecular flexibility index (Phi) is 2.21. The predicted molar refractivity (Wildman–Crippen MR) is 53.8 cm³/mol. The number of rotatable bonds is 1. The molecular formula is C11H12N2. The third kappa shape index (κ3) is 1.83. The summed E-state index contributed by atoms with van der Waals surface area (Å²) in [6.07, 6.45) is 7.95. The topological polar surface area (TPSA) is 25.2 Å². The summed E-state index contributed by atoms with van der Waals surface area (Å²) in [5.41, 5.74) is 3.42. The van der Waals surface area contributed by atoms with Gasteiger partial charge in [0.25, 0.3) is 0 Å². The summed E-state index contributed by atoms with van der Waals surface area (Å²) in [7, 11) is 0. The van der Waals surface area contributed by atoms with Gasteiger partial charge >= 0.3 is 0 Å². The van der Waals surface area contributed by atoms with E-state index in [9.17, 15) is 0 Å². The standard InChI is InChI=1S/C11H12N2/c1-9-4-2-6-11(13-9)10-5-3-7-12-8-10/h3-5,7-8H,2,6H2,1H3. The van der Waals surface area contributed by atoms with Crippen molar-refractivity contribution < 1.29 is 0 Å². The third-order valence-corrected chi connectivity index (χ3v) is 2.13. The predicted octanol–water partition coefficient (Wildman–Crippen LogP) is 2.57. The van der Waals surface area contributed by atoms with E-state index >= 15 is 0 Å². The van der Waals surface area contributed by atoms with Crippen LogP contribution < -0.4 is 0 Å². The van der Waals surface area contributed by atoms with Crippen LogP contribution in [0.5, 0.6) is 0 Å². The molecule has 1 aromatic heterocycles. The molecule has 0 aromatic carbocycles. The summed E-state index contributed by atoms with van der Waals surface area (Å²) in [6.45, 7) is 2.04. The Morgan fingerprint density at radius 3 is 3.00 bits per heavy atom. The summed E-state index contributed by atoms with van der Waals surface area (Å²) in [6, 6.07) is 4.01. The lowest BCUT2D eigenvalue weighted by Crippen LogP contribution is -2.04. The van der Waals surface area contributed by atoms with Crippen molar-refractivity contribution in [1.29, 1.82) is 0 Å². The summed E-state index contributed by atoms with van der Waals surface area (Å²) < 4.78 is 0. The molecule has 0 fully saturated rings. The summed E-state index contributed by atoms with van der Waals surface area (Å²) >= 11 is 0. The highest BCUT2D eigenvalue weighted by atomic mass is 14.8. The average Bonchev–Trinajstić information content (AvgIpc) is 2.19. The number of aliphatic imine (C=N–C) groups is 1. The van der Waals surface area contributed by atoms with Crippen LogP contribution in [-0.2, 0) is 0 Å². The highest BCUT2D eigenvalue weighted by molar-refractivity contribution is 6.01. The molecular weight excluding hydrogens is 160 g/mol. The Hall–Kier alpha value is -1.44. The number of hydrogen-bond acceptors (Lipinski definition) is 2. The molecule has 0 spiro atoms. The second kappa shape index (κ2) is 3.52. The van der Waals surface area contributed by atoms with E-state index in [-0.39, 0.29) is 0 Å². The van der Waals surface area contributed by atoms with Crippen LogP contribution >= 0.6 is 0 Å². The van der Waals surface area contributed by atoms with Crippen molar-refractivity contribution in [2.24, 2.45) is 4.99 Å². The average molecular weight is 172 g/mol. The van der Waals surface area contributed by atoms with Crippen molar-refractivity contribution >= 4 is 5.71 Å². The minimum atomic E-state index is 1.03. The second-order valence-corrected chi connectivity index (χ2v) is 3.18. The van der Waals surface area contributed by atoms with Crippen LogP contribution in [0.3, 0.4) is 0 Å². The van der Waals surface area contributed by atoms with Crippen molar-refractivity contribution in [3.8, 4) is 0 Å². The lowest BCUT2D eigenvalue weighted by molar-refractivity contribution is 1.02. The van der Waals surface area contributed by atoms with Crippen LogP contribution in [0.25, 0.3) is 0 Å². The highest BCUT2D eigenvalue weighted by Crippen LogP contribution is 2.14. The van der Waals surface area contributed by atoms with E-state index in [4.69, 9.17) is 0 Å². The molecule has 66 valence electrons. The first kappa shape index (κ1) is 8.17. The van der Waals surface area contributed by atoms with Gasteiger partial charge < -0.3 is 0 Å². The van der Waals surface area contributed by atoms with Gasteiger partial charge in [0.15, 0.2) is 0 Å². The zero-order valence-electron chi connectivity index (χ0n) is 7.70. The second-order valence-electron chi connectivity index (χ2n) is 3.18. The Morgan fingerprint density at radius 2 is 2.31 bits per heavy atom. The minimum Gasteiger partial charge on any atom is -0.264 e. The zero-order valence-corrected chi connectivity index (χ0v) is 7.70. The maximum atomic E-state index is 4.49. The van der Waals surface area contributed by atoms with Crippen LogP contribution in [0.2, 0.25) is 0 Å². The van der Waals surface area contributed by atoms with E-state index in [1.165, 1.54) is 0 Å². The van der Waals surface area contributed by atoms with Gasteiger partial charge in [0.2, 0.25) is 0 Å². The number of hydrogen-bond donors (Lipinski definition) is 0. The normalized spacial score (nSPS) is 16.4. The smallest absolute Gasteiger partial charge is 0.0497 e. The number of aromatic nitrogens is 1. The molecule has 0 saturated carbocycles. The molecule has 13 heavy (non-hydrogen) atoms. The van der Waals surface area contributed by atoms with Crippen LogP contribution in [0.1, 0.15) is 25.3 Å². The largest absolute Gasteiger partial charge is 0.264 e. The van der Waals surface area contributed by atoms with Crippen LogP contribution in [-0.4, -0.2) is 10.7 Å². The lowest BCUT2D eigenvalue weighted by Gasteiger charge is -2.09. The molecule has 0 bridgehead atoms. The first-order chi connectivity index (χ1) is 6.36. The maximum Gasteiger partial charge on any atom is 0.0497 e. The Morgan fingerprint density at radius 1 is 1.38 bits per heavy atom. The highest BCUT2D eigenvalue weighted by Gasteiger charge is 2.06. The van der Waals surface area contributed by atoms with E-state index < -0.39 is 0 Å². The molecule has 1 aliphatic heterocycles. The van der Waals surface area contributed by atoms with Gasteiger partial charge in [-0.2, -0.15) is 0 Å². The van der Waals surface area contributed by atoms with Gasteiger partial charge in [0.1, 0.15) is 0 Å². The van der Waals surface area contributed by atoms with Gasteiger partial charge in [-0.1, -0.05) is 12.1 Å². The Labute approximate surface area is 78.0 Å². The van der Waals surface area contributed by atoms with E-state index in [1.54, 1.807) is 6.20 Å². The van der Waals surface area contributed by atoms with Gasteiger partial charge in [0.05, 0.1) is 0 Å². The molecule has 0 amide bonds. The number of pyridine rings is 1. The first-order valence-corrected chi connectivity index (χ1v) is 4.51. The number of nitrogens with zero attached hydrogens (tertiary/aromatic N) is 2. The summed E-state index contributed by atoms with van der Waals surface area (Å²) in [4.78, 5) is 8.57. The van der Waals surface area contributed by atoms with Gasteiger partial charge in [-0.3, -0.25) is 9.98 Å². The fourth-order valence-electron chi connectivity index (χ4n) is 1.47. The molecule has 0 saturated heterocycles. The van der Waals surface area contributed by atoms with Crippen molar-refractivity contribution in [2.75, 3.05) is 0 Å². The van der Waals surface area contributed by atoms with Gasteiger partial charge in [-0.15, -0.1) is 0 Å². The van der Waals surface area contributed by atoms with Crippen molar-refractivity contribution in [3.63, 3.8) is 0 Å². The van der Waals surface area contributed by atoms with Gasteiger partial charge in [-0.25, -0.2) is 0 Å².